The maximum absolute atomic E-state index is 12.9. The Morgan fingerprint density at radius 1 is 1.05 bits per heavy atom. The Morgan fingerprint density at radius 2 is 1.77 bits per heavy atom. The zero-order valence-electron chi connectivity index (χ0n) is 12.5. The van der Waals surface area contributed by atoms with Crippen molar-refractivity contribution >= 4 is 11.5 Å². The Morgan fingerprint density at radius 3 is 2.59 bits per heavy atom. The lowest BCUT2D eigenvalue weighted by Crippen LogP contribution is -2.30. The molecule has 0 saturated carbocycles. The van der Waals surface area contributed by atoms with Gasteiger partial charge in [-0.2, -0.15) is 0 Å². The van der Waals surface area contributed by atoms with Gasteiger partial charge in [-0.05, 0) is 24.1 Å². The zero-order valence-corrected chi connectivity index (χ0v) is 12.5. The number of nitrogens with zero attached hydrogens (tertiary/aromatic N) is 1. The fourth-order valence-corrected chi connectivity index (χ4v) is 3.26. The van der Waals surface area contributed by atoms with Crippen molar-refractivity contribution in [1.29, 1.82) is 0 Å². The van der Waals surface area contributed by atoms with Crippen LogP contribution in [-0.4, -0.2) is 24.0 Å². The van der Waals surface area contributed by atoms with Crippen LogP contribution in [0.25, 0.3) is 5.57 Å². The topological polar surface area (TPSA) is 29.5 Å². The predicted octanol–water partition coefficient (Wildman–Crippen LogP) is 3.44. The summed E-state index contributed by atoms with van der Waals surface area (Å²) < 4.78 is 5.78. The lowest BCUT2D eigenvalue weighted by atomic mass is 9.99. The van der Waals surface area contributed by atoms with Gasteiger partial charge in [0.1, 0.15) is 12.4 Å². The molecule has 2 aromatic rings. The average Bonchev–Trinajstić information content (AvgIpc) is 2.92. The Bertz CT molecular complexity index is 764. The molecule has 0 spiro atoms. The van der Waals surface area contributed by atoms with Crippen molar-refractivity contribution in [1.82, 2.24) is 4.90 Å². The van der Waals surface area contributed by atoms with Gasteiger partial charge < -0.3 is 9.64 Å². The Balaban J connectivity index is 1.68. The molecule has 0 fully saturated rings. The lowest BCUT2D eigenvalue weighted by molar-refractivity contribution is -0.125. The predicted molar refractivity (Wildman–Crippen MR) is 85.4 cm³/mol. The normalized spacial score (nSPS) is 17.9. The van der Waals surface area contributed by atoms with Crippen LogP contribution >= 0.6 is 0 Å². The second-order valence-electron chi connectivity index (χ2n) is 5.78. The summed E-state index contributed by atoms with van der Waals surface area (Å²) in [7, 11) is 0. The summed E-state index contributed by atoms with van der Waals surface area (Å²) >= 11 is 0. The van der Waals surface area contributed by atoms with Crippen molar-refractivity contribution in [2.45, 2.75) is 13.0 Å². The number of hydrogen-bond donors (Lipinski definition) is 0. The van der Waals surface area contributed by atoms with E-state index >= 15 is 0 Å². The van der Waals surface area contributed by atoms with Crippen LogP contribution < -0.4 is 4.74 Å². The third-order valence-electron chi connectivity index (χ3n) is 4.50. The van der Waals surface area contributed by atoms with Gasteiger partial charge in [-0.25, -0.2) is 0 Å². The minimum absolute atomic E-state index is 0.0615. The maximum Gasteiger partial charge on any atom is 0.255 e. The minimum Gasteiger partial charge on any atom is -0.488 e. The number of rotatable bonds is 2. The van der Waals surface area contributed by atoms with Crippen LogP contribution in [0.1, 0.15) is 24.1 Å². The molecule has 0 bridgehead atoms. The molecule has 0 aromatic heterocycles. The molecule has 2 aliphatic rings. The van der Waals surface area contributed by atoms with Crippen molar-refractivity contribution in [3.8, 4) is 5.75 Å². The molecular formula is C19H17NO2. The van der Waals surface area contributed by atoms with E-state index in [9.17, 15) is 4.79 Å². The average molecular weight is 291 g/mol. The van der Waals surface area contributed by atoms with E-state index in [4.69, 9.17) is 4.74 Å². The zero-order chi connectivity index (χ0) is 15.1. The largest absolute Gasteiger partial charge is 0.488 e. The first-order valence-electron chi connectivity index (χ1n) is 7.56. The molecule has 0 unspecified atom stereocenters. The molecule has 0 N–H and O–H groups in total. The van der Waals surface area contributed by atoms with Crippen LogP contribution in [0.5, 0.6) is 5.75 Å². The van der Waals surface area contributed by atoms with E-state index in [-0.39, 0.29) is 11.9 Å². The number of carbonyl (C=O) groups is 1. The van der Waals surface area contributed by atoms with Gasteiger partial charge in [-0.15, -0.1) is 0 Å². The van der Waals surface area contributed by atoms with Gasteiger partial charge in [0.25, 0.3) is 5.91 Å². The highest BCUT2D eigenvalue weighted by molar-refractivity contribution is 6.23. The Labute approximate surface area is 129 Å². The maximum atomic E-state index is 12.9. The molecule has 2 aliphatic heterocycles. The van der Waals surface area contributed by atoms with Crippen LogP contribution in [0.3, 0.4) is 0 Å². The van der Waals surface area contributed by atoms with Crippen molar-refractivity contribution in [3.63, 3.8) is 0 Å². The van der Waals surface area contributed by atoms with Crippen molar-refractivity contribution < 1.29 is 9.53 Å². The van der Waals surface area contributed by atoms with Crippen LogP contribution in [0.4, 0.5) is 0 Å². The SMILES string of the molecule is C[C@@H](c1ccccc1)N1CC2=C(C1=O)c1ccccc1OC2. The molecule has 3 nitrogen and oxygen atoms in total. The first kappa shape index (κ1) is 13.1. The lowest BCUT2D eigenvalue weighted by Gasteiger charge is -2.25. The molecule has 0 saturated heterocycles. The Kier molecular flexibility index (Phi) is 3.00. The molecule has 2 heterocycles. The molecule has 3 heteroatoms. The van der Waals surface area contributed by atoms with E-state index in [0.717, 1.165) is 28.0 Å². The minimum atomic E-state index is 0.0615. The summed E-state index contributed by atoms with van der Waals surface area (Å²) in [4.78, 5) is 14.9. The van der Waals surface area contributed by atoms with Gasteiger partial charge in [-0.3, -0.25) is 4.79 Å². The van der Waals surface area contributed by atoms with E-state index in [1.807, 2.05) is 47.4 Å². The summed E-state index contributed by atoms with van der Waals surface area (Å²) in [5.74, 6) is 0.922. The first-order valence-corrected chi connectivity index (χ1v) is 7.56. The van der Waals surface area contributed by atoms with E-state index < -0.39 is 0 Å². The summed E-state index contributed by atoms with van der Waals surface area (Å²) in [5, 5.41) is 0. The smallest absolute Gasteiger partial charge is 0.255 e. The number of ether oxygens (including phenoxy) is 1. The third-order valence-corrected chi connectivity index (χ3v) is 4.50. The second kappa shape index (κ2) is 5.02. The van der Waals surface area contributed by atoms with Crippen LogP contribution in [0.2, 0.25) is 0 Å². The highest BCUT2D eigenvalue weighted by Gasteiger charge is 2.37. The quantitative estimate of drug-likeness (QED) is 0.848. The van der Waals surface area contributed by atoms with Crippen LogP contribution in [0.15, 0.2) is 60.2 Å². The first-order chi connectivity index (χ1) is 10.8. The number of fused-ring (bicyclic) bond motifs is 2. The summed E-state index contributed by atoms with van der Waals surface area (Å²) in [6.07, 6.45) is 0. The number of carbonyl (C=O) groups excluding carboxylic acids is 1. The van der Waals surface area contributed by atoms with Gasteiger partial charge in [0.15, 0.2) is 0 Å². The highest BCUT2D eigenvalue weighted by atomic mass is 16.5. The molecule has 22 heavy (non-hydrogen) atoms. The number of para-hydroxylation sites is 1. The molecule has 110 valence electrons. The molecular weight excluding hydrogens is 274 g/mol. The highest BCUT2D eigenvalue weighted by Crippen LogP contribution is 2.40. The number of amides is 1. The number of benzene rings is 2. The summed E-state index contributed by atoms with van der Waals surface area (Å²) in [5.41, 5.74) is 4.01. The van der Waals surface area contributed by atoms with Crippen molar-refractivity contribution in [3.05, 3.63) is 71.3 Å². The summed E-state index contributed by atoms with van der Waals surface area (Å²) in [6.45, 7) is 3.24. The van der Waals surface area contributed by atoms with E-state index in [1.54, 1.807) is 0 Å². The monoisotopic (exact) mass is 291 g/mol. The van der Waals surface area contributed by atoms with Gasteiger partial charge >= 0.3 is 0 Å². The van der Waals surface area contributed by atoms with Crippen LogP contribution in [0, 0.1) is 0 Å². The summed E-state index contributed by atoms with van der Waals surface area (Å²) in [6, 6.07) is 18.0. The number of hydrogen-bond acceptors (Lipinski definition) is 2. The third kappa shape index (κ3) is 1.93. The van der Waals surface area contributed by atoms with Crippen LogP contribution in [-0.2, 0) is 4.79 Å². The standard InChI is InChI=1S/C19H17NO2/c1-13(14-7-3-2-4-8-14)20-11-15-12-22-17-10-6-5-9-16(17)18(15)19(20)21/h2-10,13H,11-12H2,1H3/t13-/m0/s1. The van der Waals surface area contributed by atoms with Crippen molar-refractivity contribution in [2.75, 3.05) is 13.2 Å². The molecule has 2 aromatic carbocycles. The molecule has 1 atom stereocenters. The van der Waals surface area contributed by atoms with Gasteiger partial charge in [0.2, 0.25) is 0 Å². The van der Waals surface area contributed by atoms with Crippen molar-refractivity contribution in [2.24, 2.45) is 0 Å². The molecule has 0 radical (unpaired) electrons. The van der Waals surface area contributed by atoms with Gasteiger partial charge in [0, 0.05) is 12.1 Å². The molecule has 1 amide bonds. The van der Waals surface area contributed by atoms with Gasteiger partial charge in [-0.1, -0.05) is 48.5 Å². The molecule has 4 rings (SSSR count). The van der Waals surface area contributed by atoms with Gasteiger partial charge in [0.05, 0.1) is 11.6 Å². The fraction of sp³-hybridized carbons (Fsp3) is 0.211. The van der Waals surface area contributed by atoms with E-state index in [0.29, 0.717) is 13.2 Å². The molecule has 0 aliphatic carbocycles. The second-order valence-corrected chi connectivity index (χ2v) is 5.78. The fourth-order valence-electron chi connectivity index (χ4n) is 3.26. The van der Waals surface area contributed by atoms with E-state index in [2.05, 4.69) is 19.1 Å². The van der Waals surface area contributed by atoms with E-state index in [1.165, 1.54) is 0 Å². The Hall–Kier alpha value is -2.55.